The Morgan fingerprint density at radius 2 is 2.12 bits per heavy atom. The van der Waals surface area contributed by atoms with Gasteiger partial charge < -0.3 is 4.74 Å². The van der Waals surface area contributed by atoms with Crippen molar-refractivity contribution in [1.29, 1.82) is 0 Å². The Labute approximate surface area is 110 Å². The van der Waals surface area contributed by atoms with Gasteiger partial charge in [-0.05, 0) is 36.8 Å². The van der Waals surface area contributed by atoms with Crippen LogP contribution < -0.4 is 4.74 Å². The first-order valence-corrected chi connectivity index (χ1v) is 7.09. The third-order valence-corrected chi connectivity index (χ3v) is 4.77. The van der Waals surface area contributed by atoms with Gasteiger partial charge in [-0.15, -0.1) is 0 Å². The lowest BCUT2D eigenvalue weighted by atomic mass is 9.84. The molecule has 2 rings (SSSR count). The van der Waals surface area contributed by atoms with Gasteiger partial charge in [0.2, 0.25) is 0 Å². The van der Waals surface area contributed by atoms with Gasteiger partial charge in [0.25, 0.3) is 0 Å². The quantitative estimate of drug-likeness (QED) is 0.755. The van der Waals surface area contributed by atoms with Crippen LogP contribution in [0.25, 0.3) is 0 Å². The number of rotatable bonds is 3. The molecule has 0 spiro atoms. The first-order chi connectivity index (χ1) is 8.22. The largest absolute Gasteiger partial charge is 0.494 e. The summed E-state index contributed by atoms with van der Waals surface area (Å²) in [5, 5.41) is 0. The lowest BCUT2D eigenvalue weighted by molar-refractivity contribution is 0.359. The summed E-state index contributed by atoms with van der Waals surface area (Å²) in [5.41, 5.74) is 0.778. The van der Waals surface area contributed by atoms with Crippen LogP contribution in [0.15, 0.2) is 18.2 Å². The molecule has 0 heterocycles. The topological polar surface area (TPSA) is 9.23 Å². The van der Waals surface area contributed by atoms with Crippen molar-refractivity contribution in [1.82, 2.24) is 0 Å². The molecule has 0 aliphatic heterocycles. The van der Waals surface area contributed by atoms with E-state index in [4.69, 9.17) is 4.74 Å². The summed E-state index contributed by atoms with van der Waals surface area (Å²) in [5.74, 6) is 0.704. The Bertz CT molecular complexity index is 380. The number of methoxy groups -OCH3 is 1. The highest BCUT2D eigenvalue weighted by molar-refractivity contribution is 9.09. The Morgan fingerprint density at radius 1 is 1.35 bits per heavy atom. The second kappa shape index (κ2) is 5.85. The Balaban J connectivity index is 2.12. The molecule has 1 aromatic rings. The summed E-state index contributed by atoms with van der Waals surface area (Å²) in [7, 11) is 1.51. The van der Waals surface area contributed by atoms with Crippen LogP contribution in [0.1, 0.15) is 31.2 Å². The second-order valence-electron chi connectivity index (χ2n) is 4.70. The van der Waals surface area contributed by atoms with Gasteiger partial charge in [-0.1, -0.05) is 40.9 Å². The standard InChI is InChI=1S/C14H18BrFO/c1-17-13-8-4-6-11(14(13)16)9-10-5-2-3-7-12(10)15/h4,6,8,10,12H,2-3,5,7,9H2,1H3. The van der Waals surface area contributed by atoms with Crippen molar-refractivity contribution in [2.24, 2.45) is 5.92 Å². The van der Waals surface area contributed by atoms with Crippen molar-refractivity contribution in [3.05, 3.63) is 29.6 Å². The number of benzene rings is 1. The number of ether oxygens (including phenoxy) is 1. The minimum Gasteiger partial charge on any atom is -0.494 e. The zero-order chi connectivity index (χ0) is 12.3. The Hall–Kier alpha value is -0.570. The summed E-state index contributed by atoms with van der Waals surface area (Å²) >= 11 is 3.72. The first-order valence-electron chi connectivity index (χ1n) is 6.18. The van der Waals surface area contributed by atoms with E-state index in [-0.39, 0.29) is 5.82 Å². The van der Waals surface area contributed by atoms with Crippen LogP contribution in [0.5, 0.6) is 5.75 Å². The molecule has 0 radical (unpaired) electrons. The lowest BCUT2D eigenvalue weighted by Gasteiger charge is -2.27. The maximum absolute atomic E-state index is 14.0. The smallest absolute Gasteiger partial charge is 0.168 e. The zero-order valence-corrected chi connectivity index (χ0v) is 11.7. The molecular weight excluding hydrogens is 283 g/mol. The summed E-state index contributed by atoms with van der Waals surface area (Å²) in [6, 6.07) is 5.40. The van der Waals surface area contributed by atoms with Gasteiger partial charge in [-0.3, -0.25) is 0 Å². The average Bonchev–Trinajstić information content (AvgIpc) is 2.34. The normalized spacial score (nSPS) is 24.6. The Kier molecular flexibility index (Phi) is 4.43. The molecule has 2 unspecified atom stereocenters. The lowest BCUT2D eigenvalue weighted by Crippen LogP contribution is -2.21. The number of hydrogen-bond acceptors (Lipinski definition) is 1. The summed E-state index contributed by atoms with van der Waals surface area (Å²) < 4.78 is 19.0. The molecule has 1 nitrogen and oxygen atoms in total. The zero-order valence-electron chi connectivity index (χ0n) is 10.1. The summed E-state index contributed by atoms with van der Waals surface area (Å²) in [6.07, 6.45) is 5.74. The predicted molar refractivity (Wildman–Crippen MR) is 71.3 cm³/mol. The molecule has 3 heteroatoms. The van der Waals surface area contributed by atoms with Gasteiger partial charge in [0.05, 0.1) is 7.11 Å². The molecule has 1 fully saturated rings. The fourth-order valence-electron chi connectivity index (χ4n) is 2.55. The molecule has 1 aliphatic rings. The van der Waals surface area contributed by atoms with E-state index >= 15 is 0 Å². The first kappa shape index (κ1) is 12.9. The van der Waals surface area contributed by atoms with Crippen molar-refractivity contribution >= 4 is 15.9 Å². The van der Waals surface area contributed by atoms with Crippen molar-refractivity contribution in [3.63, 3.8) is 0 Å². The molecule has 1 aromatic carbocycles. The average molecular weight is 301 g/mol. The highest BCUT2D eigenvalue weighted by Crippen LogP contribution is 2.33. The van der Waals surface area contributed by atoms with Gasteiger partial charge in [-0.25, -0.2) is 4.39 Å². The van der Waals surface area contributed by atoms with E-state index in [1.165, 1.54) is 32.8 Å². The third-order valence-electron chi connectivity index (χ3n) is 3.56. The molecule has 2 atom stereocenters. The molecule has 1 aliphatic carbocycles. The highest BCUT2D eigenvalue weighted by atomic mass is 79.9. The number of halogens is 2. The maximum atomic E-state index is 14.0. The maximum Gasteiger partial charge on any atom is 0.168 e. The van der Waals surface area contributed by atoms with Crippen molar-refractivity contribution in [2.45, 2.75) is 36.9 Å². The van der Waals surface area contributed by atoms with Crippen LogP contribution >= 0.6 is 15.9 Å². The number of alkyl halides is 1. The fraction of sp³-hybridized carbons (Fsp3) is 0.571. The minimum atomic E-state index is -0.194. The van der Waals surface area contributed by atoms with E-state index in [9.17, 15) is 4.39 Å². The van der Waals surface area contributed by atoms with E-state index in [2.05, 4.69) is 15.9 Å². The summed E-state index contributed by atoms with van der Waals surface area (Å²) in [4.78, 5) is 0.529. The monoisotopic (exact) mass is 300 g/mol. The van der Waals surface area contributed by atoms with Gasteiger partial charge in [0, 0.05) is 4.83 Å². The molecule has 0 saturated heterocycles. The SMILES string of the molecule is COc1cccc(CC2CCCCC2Br)c1F. The molecule has 0 bridgehead atoms. The summed E-state index contributed by atoms with van der Waals surface area (Å²) in [6.45, 7) is 0. The van der Waals surface area contributed by atoms with Crippen LogP contribution in [0, 0.1) is 11.7 Å². The Morgan fingerprint density at radius 3 is 2.82 bits per heavy atom. The van der Waals surface area contributed by atoms with E-state index in [1.54, 1.807) is 6.07 Å². The highest BCUT2D eigenvalue weighted by Gasteiger charge is 2.24. The van der Waals surface area contributed by atoms with Crippen molar-refractivity contribution in [3.8, 4) is 5.75 Å². The molecule has 17 heavy (non-hydrogen) atoms. The van der Waals surface area contributed by atoms with E-state index in [1.807, 2.05) is 12.1 Å². The second-order valence-corrected chi connectivity index (χ2v) is 5.87. The van der Waals surface area contributed by atoms with Crippen molar-refractivity contribution < 1.29 is 9.13 Å². The number of hydrogen-bond donors (Lipinski definition) is 0. The van der Waals surface area contributed by atoms with E-state index < -0.39 is 0 Å². The van der Waals surface area contributed by atoms with E-state index in [0.29, 0.717) is 16.5 Å². The van der Waals surface area contributed by atoms with Gasteiger partial charge in [-0.2, -0.15) is 0 Å². The van der Waals surface area contributed by atoms with Crippen LogP contribution in [-0.4, -0.2) is 11.9 Å². The van der Waals surface area contributed by atoms with Crippen LogP contribution in [0.3, 0.4) is 0 Å². The van der Waals surface area contributed by atoms with Gasteiger partial charge in [0.1, 0.15) is 0 Å². The third kappa shape index (κ3) is 3.01. The van der Waals surface area contributed by atoms with Crippen LogP contribution in [0.2, 0.25) is 0 Å². The molecule has 0 amide bonds. The molecule has 94 valence electrons. The van der Waals surface area contributed by atoms with Gasteiger partial charge >= 0.3 is 0 Å². The van der Waals surface area contributed by atoms with E-state index in [0.717, 1.165) is 12.0 Å². The molecule has 0 aromatic heterocycles. The predicted octanol–water partition coefficient (Wildman–Crippen LogP) is 4.33. The fourth-order valence-corrected chi connectivity index (χ4v) is 3.32. The van der Waals surface area contributed by atoms with Gasteiger partial charge in [0.15, 0.2) is 11.6 Å². The van der Waals surface area contributed by atoms with Crippen LogP contribution in [-0.2, 0) is 6.42 Å². The molecule has 0 N–H and O–H groups in total. The molecule has 1 saturated carbocycles. The van der Waals surface area contributed by atoms with Crippen LogP contribution in [0.4, 0.5) is 4.39 Å². The van der Waals surface area contributed by atoms with Crippen molar-refractivity contribution in [2.75, 3.05) is 7.11 Å². The molecular formula is C14H18BrFO. The minimum absolute atomic E-state index is 0.194.